The Morgan fingerprint density at radius 3 is 2.88 bits per heavy atom. The van der Waals surface area contributed by atoms with Crippen LogP contribution < -0.4 is 15.8 Å². The van der Waals surface area contributed by atoms with E-state index >= 15 is 0 Å². The predicted octanol–water partition coefficient (Wildman–Crippen LogP) is 0.919. The summed E-state index contributed by atoms with van der Waals surface area (Å²) in [6.07, 6.45) is 0. The molecule has 0 heterocycles. The van der Waals surface area contributed by atoms with E-state index < -0.39 is 0 Å². The summed E-state index contributed by atoms with van der Waals surface area (Å²) in [6.45, 7) is 0.884. The maximum Gasteiger partial charge on any atom is 0.316 e. The zero-order chi connectivity index (χ0) is 12.0. The summed E-state index contributed by atoms with van der Waals surface area (Å²) >= 11 is 0. The third-order valence-electron chi connectivity index (χ3n) is 1.91. The van der Waals surface area contributed by atoms with Gasteiger partial charge in [0.05, 0.1) is 6.54 Å². The SMILES string of the molecule is CN(C)C(=O)NCCOc1cccc(N)c1. The van der Waals surface area contributed by atoms with E-state index in [1.807, 2.05) is 12.1 Å². The van der Waals surface area contributed by atoms with Crippen LogP contribution in [0.15, 0.2) is 24.3 Å². The van der Waals surface area contributed by atoms with Crippen molar-refractivity contribution in [3.05, 3.63) is 24.3 Å². The minimum Gasteiger partial charge on any atom is -0.492 e. The maximum atomic E-state index is 11.1. The third kappa shape index (κ3) is 4.08. The molecule has 0 bridgehead atoms. The van der Waals surface area contributed by atoms with E-state index in [1.165, 1.54) is 4.90 Å². The second kappa shape index (κ2) is 5.85. The van der Waals surface area contributed by atoms with Crippen molar-refractivity contribution in [1.82, 2.24) is 10.2 Å². The minimum absolute atomic E-state index is 0.129. The number of hydrogen-bond donors (Lipinski definition) is 2. The molecule has 0 aromatic heterocycles. The van der Waals surface area contributed by atoms with Gasteiger partial charge in [0.25, 0.3) is 0 Å². The van der Waals surface area contributed by atoms with E-state index in [1.54, 1.807) is 26.2 Å². The second-order valence-corrected chi connectivity index (χ2v) is 3.55. The summed E-state index contributed by atoms with van der Waals surface area (Å²) in [6, 6.07) is 7.05. The Morgan fingerprint density at radius 2 is 2.25 bits per heavy atom. The van der Waals surface area contributed by atoms with Crippen molar-refractivity contribution in [1.29, 1.82) is 0 Å². The number of hydrogen-bond acceptors (Lipinski definition) is 3. The zero-order valence-corrected chi connectivity index (χ0v) is 9.56. The largest absolute Gasteiger partial charge is 0.492 e. The molecule has 0 aliphatic rings. The average Bonchev–Trinajstić information content (AvgIpc) is 2.24. The quantitative estimate of drug-likeness (QED) is 0.589. The van der Waals surface area contributed by atoms with Crippen LogP contribution in [-0.4, -0.2) is 38.2 Å². The summed E-state index contributed by atoms with van der Waals surface area (Å²) in [5.74, 6) is 0.708. The smallest absolute Gasteiger partial charge is 0.316 e. The number of anilines is 1. The van der Waals surface area contributed by atoms with Gasteiger partial charge in [0, 0.05) is 25.8 Å². The van der Waals surface area contributed by atoms with Crippen LogP contribution in [0, 0.1) is 0 Å². The summed E-state index contributed by atoms with van der Waals surface area (Å²) < 4.78 is 5.40. The molecule has 3 N–H and O–H groups in total. The van der Waals surface area contributed by atoms with Gasteiger partial charge in [0.1, 0.15) is 12.4 Å². The first-order chi connectivity index (χ1) is 7.59. The number of nitrogen functional groups attached to an aromatic ring is 1. The molecule has 0 spiro atoms. The van der Waals surface area contributed by atoms with Gasteiger partial charge >= 0.3 is 6.03 Å². The highest BCUT2D eigenvalue weighted by molar-refractivity contribution is 5.73. The molecule has 0 saturated carbocycles. The maximum absolute atomic E-state index is 11.1. The Kier molecular flexibility index (Phi) is 4.44. The molecular formula is C11H17N3O2. The third-order valence-corrected chi connectivity index (χ3v) is 1.91. The molecule has 16 heavy (non-hydrogen) atoms. The van der Waals surface area contributed by atoms with E-state index in [2.05, 4.69) is 5.32 Å². The van der Waals surface area contributed by atoms with Crippen LogP contribution in [0.5, 0.6) is 5.75 Å². The van der Waals surface area contributed by atoms with Gasteiger partial charge in [-0.25, -0.2) is 4.79 Å². The van der Waals surface area contributed by atoms with Crippen LogP contribution in [0.1, 0.15) is 0 Å². The Bertz CT molecular complexity index is 353. The highest BCUT2D eigenvalue weighted by Crippen LogP contribution is 2.13. The van der Waals surface area contributed by atoms with Gasteiger partial charge in [-0.1, -0.05) is 6.07 Å². The number of rotatable bonds is 4. The zero-order valence-electron chi connectivity index (χ0n) is 9.56. The molecule has 1 aromatic rings. The summed E-state index contributed by atoms with van der Waals surface area (Å²) in [4.78, 5) is 12.6. The van der Waals surface area contributed by atoms with Crippen molar-refractivity contribution in [2.24, 2.45) is 0 Å². The van der Waals surface area contributed by atoms with E-state index in [9.17, 15) is 4.79 Å². The van der Waals surface area contributed by atoms with Gasteiger partial charge in [0.2, 0.25) is 0 Å². The highest BCUT2D eigenvalue weighted by Gasteiger charge is 2.01. The van der Waals surface area contributed by atoms with Gasteiger partial charge in [-0.3, -0.25) is 0 Å². The van der Waals surface area contributed by atoms with Gasteiger partial charge < -0.3 is 20.7 Å². The van der Waals surface area contributed by atoms with Crippen molar-refractivity contribution in [2.75, 3.05) is 33.0 Å². The standard InChI is InChI=1S/C11H17N3O2/c1-14(2)11(15)13-6-7-16-10-5-3-4-9(12)8-10/h3-5,8H,6-7,12H2,1-2H3,(H,13,15). The van der Waals surface area contributed by atoms with Crippen molar-refractivity contribution >= 4 is 11.7 Å². The van der Waals surface area contributed by atoms with Crippen molar-refractivity contribution in [2.45, 2.75) is 0 Å². The van der Waals surface area contributed by atoms with Crippen molar-refractivity contribution in [3.63, 3.8) is 0 Å². The number of nitrogens with zero attached hydrogens (tertiary/aromatic N) is 1. The van der Waals surface area contributed by atoms with Gasteiger partial charge in [-0.15, -0.1) is 0 Å². The Morgan fingerprint density at radius 1 is 1.50 bits per heavy atom. The number of nitrogens with two attached hydrogens (primary N) is 1. The van der Waals surface area contributed by atoms with E-state index in [-0.39, 0.29) is 6.03 Å². The number of carbonyl (C=O) groups is 1. The normalized spacial score (nSPS) is 9.62. The molecule has 0 fully saturated rings. The molecule has 5 heteroatoms. The number of benzene rings is 1. The first kappa shape index (κ1) is 12.2. The molecule has 0 radical (unpaired) electrons. The van der Waals surface area contributed by atoms with Crippen LogP contribution >= 0.6 is 0 Å². The van der Waals surface area contributed by atoms with E-state index in [0.717, 1.165) is 0 Å². The molecule has 0 saturated heterocycles. The van der Waals surface area contributed by atoms with E-state index in [0.29, 0.717) is 24.6 Å². The molecule has 0 unspecified atom stereocenters. The van der Waals surface area contributed by atoms with Gasteiger partial charge in [0.15, 0.2) is 0 Å². The first-order valence-electron chi connectivity index (χ1n) is 5.03. The monoisotopic (exact) mass is 223 g/mol. The molecule has 5 nitrogen and oxygen atoms in total. The molecule has 2 amide bonds. The highest BCUT2D eigenvalue weighted by atomic mass is 16.5. The van der Waals surface area contributed by atoms with Gasteiger partial charge in [-0.05, 0) is 12.1 Å². The lowest BCUT2D eigenvalue weighted by atomic mass is 10.3. The predicted molar refractivity (Wildman–Crippen MR) is 63.4 cm³/mol. The van der Waals surface area contributed by atoms with Crippen LogP contribution in [0.25, 0.3) is 0 Å². The van der Waals surface area contributed by atoms with Crippen molar-refractivity contribution in [3.8, 4) is 5.75 Å². The van der Waals surface area contributed by atoms with E-state index in [4.69, 9.17) is 10.5 Å². The lowest BCUT2D eigenvalue weighted by molar-refractivity contribution is 0.213. The first-order valence-corrected chi connectivity index (χ1v) is 5.03. The minimum atomic E-state index is -0.129. The number of carbonyl (C=O) groups excluding carboxylic acids is 1. The number of urea groups is 1. The Labute approximate surface area is 95.2 Å². The Hall–Kier alpha value is -1.91. The molecule has 0 aliphatic carbocycles. The fraction of sp³-hybridized carbons (Fsp3) is 0.364. The lowest BCUT2D eigenvalue weighted by Crippen LogP contribution is -2.36. The van der Waals surface area contributed by atoms with Crippen LogP contribution in [0.4, 0.5) is 10.5 Å². The summed E-state index contributed by atoms with van der Waals surface area (Å²) in [7, 11) is 3.38. The van der Waals surface area contributed by atoms with Crippen molar-refractivity contribution < 1.29 is 9.53 Å². The number of nitrogens with one attached hydrogen (secondary N) is 1. The van der Waals surface area contributed by atoms with Crippen LogP contribution in [-0.2, 0) is 0 Å². The molecule has 0 atom stereocenters. The fourth-order valence-electron chi connectivity index (χ4n) is 1.09. The summed E-state index contributed by atoms with van der Waals surface area (Å²) in [5.41, 5.74) is 6.26. The van der Waals surface area contributed by atoms with Crippen LogP contribution in [0.2, 0.25) is 0 Å². The Balaban J connectivity index is 2.23. The number of ether oxygens (including phenoxy) is 1. The molecule has 1 aromatic carbocycles. The molecule has 0 aliphatic heterocycles. The lowest BCUT2D eigenvalue weighted by Gasteiger charge is -2.12. The topological polar surface area (TPSA) is 67.6 Å². The summed E-state index contributed by atoms with van der Waals surface area (Å²) in [5, 5.41) is 2.70. The number of amides is 2. The van der Waals surface area contributed by atoms with Crippen LogP contribution in [0.3, 0.4) is 0 Å². The second-order valence-electron chi connectivity index (χ2n) is 3.55. The average molecular weight is 223 g/mol. The fourth-order valence-corrected chi connectivity index (χ4v) is 1.09. The molecule has 88 valence electrons. The molecular weight excluding hydrogens is 206 g/mol. The van der Waals surface area contributed by atoms with Gasteiger partial charge in [-0.2, -0.15) is 0 Å². The molecule has 1 rings (SSSR count).